The molecule has 0 spiro atoms. The summed E-state index contributed by atoms with van der Waals surface area (Å²) in [6, 6.07) is 9.78. The van der Waals surface area contributed by atoms with E-state index in [9.17, 15) is 9.59 Å². The molecule has 146 valence electrons. The molecule has 2 rings (SSSR count). The Morgan fingerprint density at radius 2 is 1.89 bits per heavy atom. The maximum Gasteiger partial charge on any atom is 0.350 e. The summed E-state index contributed by atoms with van der Waals surface area (Å²) < 4.78 is 5.09. The van der Waals surface area contributed by atoms with Crippen LogP contribution in [0.4, 0.5) is 5.13 Å². The molecule has 0 unspecified atom stereocenters. The molecule has 2 aromatic rings. The van der Waals surface area contributed by atoms with Gasteiger partial charge in [-0.2, -0.15) is 0 Å². The molecule has 5 nitrogen and oxygen atoms in total. The lowest BCUT2D eigenvalue weighted by Crippen LogP contribution is -2.33. The average Bonchev–Trinajstić information content (AvgIpc) is 2.99. The van der Waals surface area contributed by atoms with Gasteiger partial charge in [-0.1, -0.05) is 62.4 Å². The number of carbonyl (C=O) groups excluding carboxylic acids is 2. The average molecular weight is 407 g/mol. The van der Waals surface area contributed by atoms with Gasteiger partial charge in [0.25, 0.3) is 0 Å². The van der Waals surface area contributed by atoms with Crippen LogP contribution in [0.1, 0.15) is 48.6 Å². The van der Waals surface area contributed by atoms with Crippen LogP contribution in [0.5, 0.6) is 0 Å². The molecule has 0 aliphatic heterocycles. The molecule has 0 aliphatic rings. The van der Waals surface area contributed by atoms with Crippen LogP contribution in [0, 0.1) is 6.92 Å². The SMILES string of the molecule is CCOC(=O)c1sc(N(Cc2ccccc2)C(=O)CSC(C)(C)C)nc1C. The van der Waals surface area contributed by atoms with Crippen molar-refractivity contribution in [3.05, 3.63) is 46.5 Å². The van der Waals surface area contributed by atoms with Gasteiger partial charge in [0.05, 0.1) is 24.6 Å². The lowest BCUT2D eigenvalue weighted by molar-refractivity contribution is -0.116. The highest BCUT2D eigenvalue weighted by Gasteiger charge is 2.25. The number of nitrogens with zero attached hydrogens (tertiary/aromatic N) is 2. The molecule has 0 N–H and O–H groups in total. The molecule has 1 aromatic carbocycles. The van der Waals surface area contributed by atoms with Crippen LogP contribution in [-0.4, -0.2) is 34.0 Å². The second kappa shape index (κ2) is 9.37. The van der Waals surface area contributed by atoms with Gasteiger partial charge in [-0.15, -0.1) is 11.8 Å². The fraction of sp³-hybridized carbons (Fsp3) is 0.450. The number of carbonyl (C=O) groups is 2. The van der Waals surface area contributed by atoms with Crippen LogP contribution >= 0.6 is 23.1 Å². The van der Waals surface area contributed by atoms with E-state index in [0.29, 0.717) is 34.6 Å². The summed E-state index contributed by atoms with van der Waals surface area (Å²) in [5, 5.41) is 0.527. The Morgan fingerprint density at radius 3 is 2.48 bits per heavy atom. The Hall–Kier alpha value is -1.86. The number of esters is 1. The molecule has 0 atom stereocenters. The van der Waals surface area contributed by atoms with Gasteiger partial charge in [0.1, 0.15) is 4.88 Å². The summed E-state index contributed by atoms with van der Waals surface area (Å²) in [6.07, 6.45) is 0. The van der Waals surface area contributed by atoms with Crippen LogP contribution in [0.15, 0.2) is 30.3 Å². The highest BCUT2D eigenvalue weighted by atomic mass is 32.2. The number of ether oxygens (including phenoxy) is 1. The maximum atomic E-state index is 13.0. The predicted molar refractivity (Wildman–Crippen MR) is 113 cm³/mol. The normalized spacial score (nSPS) is 11.3. The molecule has 0 saturated carbocycles. The number of benzene rings is 1. The van der Waals surface area contributed by atoms with E-state index in [1.807, 2.05) is 30.3 Å². The van der Waals surface area contributed by atoms with Crippen molar-refractivity contribution < 1.29 is 14.3 Å². The molecule has 0 radical (unpaired) electrons. The van der Waals surface area contributed by atoms with Crippen molar-refractivity contribution in [3.63, 3.8) is 0 Å². The first kappa shape index (κ1) is 21.4. The highest BCUT2D eigenvalue weighted by Crippen LogP contribution is 2.30. The first-order chi connectivity index (χ1) is 12.7. The van der Waals surface area contributed by atoms with Gasteiger partial charge in [0, 0.05) is 4.75 Å². The number of hydrogen-bond acceptors (Lipinski definition) is 6. The van der Waals surface area contributed by atoms with E-state index in [0.717, 1.165) is 5.56 Å². The summed E-state index contributed by atoms with van der Waals surface area (Å²) in [5.74, 6) is -0.0678. The Bertz CT molecular complexity index is 782. The fourth-order valence-corrected chi connectivity index (χ4v) is 3.96. The first-order valence-electron chi connectivity index (χ1n) is 8.84. The molecular weight excluding hydrogens is 380 g/mol. The van der Waals surface area contributed by atoms with Gasteiger partial charge < -0.3 is 4.74 Å². The van der Waals surface area contributed by atoms with E-state index in [2.05, 4.69) is 25.8 Å². The standard InChI is InChI=1S/C20H26N2O3S2/c1-6-25-18(24)17-14(2)21-19(27-17)22(12-15-10-8-7-9-11-15)16(23)13-26-20(3,4)5/h7-11H,6,12-13H2,1-5H3. The number of aryl methyl sites for hydroxylation is 1. The molecule has 1 heterocycles. The number of amides is 1. The van der Waals surface area contributed by atoms with Crippen molar-refractivity contribution >= 4 is 40.1 Å². The number of hydrogen-bond donors (Lipinski definition) is 0. The quantitative estimate of drug-likeness (QED) is 0.624. The van der Waals surface area contributed by atoms with Gasteiger partial charge in [0.2, 0.25) is 5.91 Å². The second-order valence-electron chi connectivity index (χ2n) is 7.00. The largest absolute Gasteiger partial charge is 0.462 e. The van der Waals surface area contributed by atoms with Crippen LogP contribution < -0.4 is 4.90 Å². The Balaban J connectivity index is 2.30. The van der Waals surface area contributed by atoms with E-state index in [4.69, 9.17) is 4.74 Å². The summed E-state index contributed by atoms with van der Waals surface area (Å²) in [4.78, 5) is 31.7. The maximum absolute atomic E-state index is 13.0. The third-order valence-electron chi connectivity index (χ3n) is 3.59. The van der Waals surface area contributed by atoms with Gasteiger partial charge in [-0.25, -0.2) is 9.78 Å². The van der Waals surface area contributed by atoms with Crippen molar-refractivity contribution in [2.45, 2.75) is 45.9 Å². The minimum absolute atomic E-state index is 0.0109. The summed E-state index contributed by atoms with van der Waals surface area (Å²) in [6.45, 7) is 10.5. The predicted octanol–water partition coefficient (Wildman–Crippen LogP) is 4.69. The topological polar surface area (TPSA) is 59.5 Å². The van der Waals surface area contributed by atoms with Gasteiger partial charge in [-0.05, 0) is 19.4 Å². The monoisotopic (exact) mass is 406 g/mol. The number of thiazole rings is 1. The number of rotatable bonds is 7. The van der Waals surface area contributed by atoms with Crippen molar-refractivity contribution in [2.75, 3.05) is 17.3 Å². The number of aromatic nitrogens is 1. The fourth-order valence-electron chi connectivity index (χ4n) is 2.27. The zero-order valence-electron chi connectivity index (χ0n) is 16.4. The Kier molecular flexibility index (Phi) is 7.44. The zero-order chi connectivity index (χ0) is 20.0. The van der Waals surface area contributed by atoms with Crippen LogP contribution in [-0.2, 0) is 16.1 Å². The van der Waals surface area contributed by atoms with E-state index < -0.39 is 5.97 Å². The van der Waals surface area contributed by atoms with Crippen molar-refractivity contribution in [3.8, 4) is 0 Å². The van der Waals surface area contributed by atoms with Gasteiger partial charge in [0.15, 0.2) is 5.13 Å². The smallest absolute Gasteiger partial charge is 0.350 e. The van der Waals surface area contributed by atoms with Crippen molar-refractivity contribution in [1.82, 2.24) is 4.98 Å². The summed E-state index contributed by atoms with van der Waals surface area (Å²) >= 11 is 2.80. The summed E-state index contributed by atoms with van der Waals surface area (Å²) in [7, 11) is 0. The van der Waals surface area contributed by atoms with E-state index in [1.165, 1.54) is 11.3 Å². The van der Waals surface area contributed by atoms with Gasteiger partial charge in [-0.3, -0.25) is 9.69 Å². The van der Waals surface area contributed by atoms with Crippen LogP contribution in [0.25, 0.3) is 0 Å². The third kappa shape index (κ3) is 6.36. The Labute approximate surface area is 169 Å². The summed E-state index contributed by atoms with van der Waals surface area (Å²) in [5.41, 5.74) is 1.60. The number of thioether (sulfide) groups is 1. The molecule has 0 fully saturated rings. The molecule has 0 bridgehead atoms. The zero-order valence-corrected chi connectivity index (χ0v) is 18.1. The van der Waals surface area contributed by atoms with Crippen LogP contribution in [0.3, 0.4) is 0 Å². The second-order valence-corrected chi connectivity index (χ2v) is 9.78. The van der Waals surface area contributed by atoms with Crippen molar-refractivity contribution in [2.24, 2.45) is 0 Å². The first-order valence-corrected chi connectivity index (χ1v) is 10.6. The molecule has 0 saturated heterocycles. The lowest BCUT2D eigenvalue weighted by atomic mass is 10.2. The molecular formula is C20H26N2O3S2. The Morgan fingerprint density at radius 1 is 1.22 bits per heavy atom. The van der Waals surface area contributed by atoms with E-state index in [1.54, 1.807) is 30.5 Å². The molecule has 27 heavy (non-hydrogen) atoms. The molecule has 1 aromatic heterocycles. The third-order valence-corrected chi connectivity index (χ3v) is 6.01. The minimum atomic E-state index is -0.394. The highest BCUT2D eigenvalue weighted by molar-refractivity contribution is 8.01. The van der Waals surface area contributed by atoms with Crippen molar-refractivity contribution in [1.29, 1.82) is 0 Å². The minimum Gasteiger partial charge on any atom is -0.462 e. The number of anilines is 1. The van der Waals surface area contributed by atoms with E-state index in [-0.39, 0.29) is 10.7 Å². The van der Waals surface area contributed by atoms with Gasteiger partial charge >= 0.3 is 5.97 Å². The lowest BCUT2D eigenvalue weighted by Gasteiger charge is -2.23. The molecule has 0 aliphatic carbocycles. The van der Waals surface area contributed by atoms with E-state index >= 15 is 0 Å². The molecule has 7 heteroatoms. The molecule has 1 amide bonds. The van der Waals surface area contributed by atoms with Crippen LogP contribution in [0.2, 0.25) is 0 Å².